The summed E-state index contributed by atoms with van der Waals surface area (Å²) >= 11 is 0. The van der Waals surface area contributed by atoms with Gasteiger partial charge >= 0.3 is 0 Å². The Bertz CT molecular complexity index is 326. The van der Waals surface area contributed by atoms with Crippen LogP contribution in [0, 0.1) is 5.92 Å². The Hall–Kier alpha value is -0.820. The third kappa shape index (κ3) is 5.78. The maximum Gasteiger partial charge on any atom is 0.0343 e. The lowest BCUT2D eigenvalue weighted by molar-refractivity contribution is 0.405. The molecule has 0 aliphatic rings. The van der Waals surface area contributed by atoms with E-state index in [9.17, 15) is 0 Å². The van der Waals surface area contributed by atoms with Crippen molar-refractivity contribution in [1.82, 2.24) is 5.32 Å². The molecule has 0 saturated carbocycles. The Morgan fingerprint density at radius 1 is 0.947 bits per heavy atom. The molecule has 19 heavy (non-hydrogen) atoms. The minimum atomic E-state index is 0.493. The summed E-state index contributed by atoms with van der Waals surface area (Å²) in [4.78, 5) is 0. The second-order valence-electron chi connectivity index (χ2n) is 5.83. The molecule has 1 heteroatoms. The number of aryl methyl sites for hydroxylation is 1. The molecule has 0 aliphatic carbocycles. The Balaban J connectivity index is 2.51. The number of rotatable bonds is 9. The number of hydrogen-bond donors (Lipinski definition) is 1. The van der Waals surface area contributed by atoms with Gasteiger partial charge in [0.1, 0.15) is 0 Å². The molecule has 1 nitrogen and oxygen atoms in total. The van der Waals surface area contributed by atoms with E-state index >= 15 is 0 Å². The summed E-state index contributed by atoms with van der Waals surface area (Å²) in [7, 11) is 0. The summed E-state index contributed by atoms with van der Waals surface area (Å²) in [6.07, 6.45) is 6.44. The molecule has 0 spiro atoms. The van der Waals surface area contributed by atoms with Gasteiger partial charge in [-0.1, -0.05) is 71.2 Å². The van der Waals surface area contributed by atoms with Gasteiger partial charge in [0.05, 0.1) is 0 Å². The molecule has 0 bridgehead atoms. The maximum atomic E-state index is 3.73. The van der Waals surface area contributed by atoms with Crippen LogP contribution in [0.4, 0.5) is 0 Å². The molecule has 1 unspecified atom stereocenters. The molecule has 0 aliphatic heterocycles. The van der Waals surface area contributed by atoms with Crippen molar-refractivity contribution in [2.75, 3.05) is 6.54 Å². The Labute approximate surface area is 119 Å². The van der Waals surface area contributed by atoms with Crippen molar-refractivity contribution in [1.29, 1.82) is 0 Å². The second-order valence-corrected chi connectivity index (χ2v) is 5.83. The molecular formula is C18H31N. The van der Waals surface area contributed by atoms with E-state index in [1.807, 2.05) is 0 Å². The first kappa shape index (κ1) is 16.2. The lowest BCUT2D eigenvalue weighted by Crippen LogP contribution is -2.26. The predicted molar refractivity (Wildman–Crippen MR) is 85.5 cm³/mol. The van der Waals surface area contributed by atoms with Crippen LogP contribution in [0.25, 0.3) is 0 Å². The first-order valence-electron chi connectivity index (χ1n) is 8.01. The van der Waals surface area contributed by atoms with Gasteiger partial charge in [-0.2, -0.15) is 0 Å². The first-order valence-corrected chi connectivity index (χ1v) is 8.01. The summed E-state index contributed by atoms with van der Waals surface area (Å²) in [5, 5.41) is 3.73. The third-order valence-electron chi connectivity index (χ3n) is 3.81. The minimum absolute atomic E-state index is 0.493. The van der Waals surface area contributed by atoms with Gasteiger partial charge in [-0.3, -0.25) is 0 Å². The number of benzene rings is 1. The van der Waals surface area contributed by atoms with Gasteiger partial charge in [0.15, 0.2) is 0 Å². The molecule has 1 atom stereocenters. The van der Waals surface area contributed by atoms with Crippen molar-refractivity contribution in [2.45, 2.75) is 65.8 Å². The van der Waals surface area contributed by atoms with Crippen LogP contribution in [0.5, 0.6) is 0 Å². The third-order valence-corrected chi connectivity index (χ3v) is 3.81. The van der Waals surface area contributed by atoms with Crippen LogP contribution in [0.1, 0.15) is 70.5 Å². The summed E-state index contributed by atoms with van der Waals surface area (Å²) in [5.41, 5.74) is 2.86. The zero-order chi connectivity index (χ0) is 14.1. The highest BCUT2D eigenvalue weighted by molar-refractivity contribution is 5.25. The van der Waals surface area contributed by atoms with Crippen LogP contribution in [-0.4, -0.2) is 6.54 Å². The van der Waals surface area contributed by atoms with Crippen molar-refractivity contribution >= 4 is 0 Å². The van der Waals surface area contributed by atoms with Crippen LogP contribution in [-0.2, 0) is 6.42 Å². The first-order chi connectivity index (χ1) is 9.19. The van der Waals surface area contributed by atoms with E-state index in [2.05, 4.69) is 57.3 Å². The molecule has 0 fully saturated rings. The van der Waals surface area contributed by atoms with Gasteiger partial charge in [-0.15, -0.1) is 0 Å². The van der Waals surface area contributed by atoms with Gasteiger partial charge in [-0.05, 0) is 36.4 Å². The molecule has 0 aromatic heterocycles. The molecular weight excluding hydrogens is 230 g/mol. The van der Waals surface area contributed by atoms with E-state index in [-0.39, 0.29) is 0 Å². The molecule has 1 aromatic carbocycles. The molecule has 108 valence electrons. The fraction of sp³-hybridized carbons (Fsp3) is 0.667. The maximum absolute atomic E-state index is 3.73. The molecule has 0 radical (unpaired) electrons. The van der Waals surface area contributed by atoms with Gasteiger partial charge < -0.3 is 5.32 Å². The molecule has 1 aromatic rings. The van der Waals surface area contributed by atoms with Crippen molar-refractivity contribution < 1.29 is 0 Å². The van der Waals surface area contributed by atoms with Crippen LogP contribution in [0.3, 0.4) is 0 Å². The van der Waals surface area contributed by atoms with Crippen molar-refractivity contribution in [2.24, 2.45) is 5.92 Å². The molecule has 0 heterocycles. The van der Waals surface area contributed by atoms with E-state index in [1.54, 1.807) is 0 Å². The largest absolute Gasteiger partial charge is 0.310 e. The van der Waals surface area contributed by atoms with Crippen molar-refractivity contribution in [3.8, 4) is 0 Å². The average molecular weight is 261 g/mol. The number of hydrogen-bond acceptors (Lipinski definition) is 1. The molecule has 1 rings (SSSR count). The Morgan fingerprint density at radius 2 is 1.63 bits per heavy atom. The van der Waals surface area contributed by atoms with E-state index in [4.69, 9.17) is 0 Å². The van der Waals surface area contributed by atoms with E-state index < -0.39 is 0 Å². The van der Waals surface area contributed by atoms with Gasteiger partial charge in [0.25, 0.3) is 0 Å². The zero-order valence-electron chi connectivity index (χ0n) is 13.2. The minimum Gasteiger partial charge on any atom is -0.310 e. The van der Waals surface area contributed by atoms with Crippen molar-refractivity contribution in [3.63, 3.8) is 0 Å². The van der Waals surface area contributed by atoms with Crippen LogP contribution >= 0.6 is 0 Å². The summed E-state index contributed by atoms with van der Waals surface area (Å²) in [6.45, 7) is 10.2. The van der Waals surface area contributed by atoms with Crippen LogP contribution < -0.4 is 5.32 Å². The summed E-state index contributed by atoms with van der Waals surface area (Å²) in [5.74, 6) is 0.638. The van der Waals surface area contributed by atoms with Gasteiger partial charge in [0.2, 0.25) is 0 Å². The lowest BCUT2D eigenvalue weighted by Gasteiger charge is -2.23. The highest BCUT2D eigenvalue weighted by atomic mass is 14.9. The number of nitrogens with one attached hydrogen (secondary N) is 1. The van der Waals surface area contributed by atoms with E-state index in [1.165, 1.54) is 36.8 Å². The normalized spacial score (nSPS) is 12.9. The van der Waals surface area contributed by atoms with Crippen LogP contribution in [0.2, 0.25) is 0 Å². The fourth-order valence-electron chi connectivity index (χ4n) is 2.51. The Kier molecular flexibility index (Phi) is 7.81. The average Bonchev–Trinajstić information content (AvgIpc) is 2.43. The fourth-order valence-corrected chi connectivity index (χ4v) is 2.51. The molecule has 0 amide bonds. The number of unbranched alkanes of at least 4 members (excludes halogenated alkanes) is 3. The highest BCUT2D eigenvalue weighted by Crippen LogP contribution is 2.22. The zero-order valence-corrected chi connectivity index (χ0v) is 13.2. The molecule has 1 N–H and O–H groups in total. The van der Waals surface area contributed by atoms with Crippen molar-refractivity contribution in [3.05, 3.63) is 35.4 Å². The molecule has 0 saturated heterocycles. The Morgan fingerprint density at radius 3 is 2.16 bits per heavy atom. The van der Waals surface area contributed by atoms with E-state index in [0.717, 1.165) is 13.0 Å². The summed E-state index contributed by atoms with van der Waals surface area (Å²) in [6, 6.07) is 9.62. The van der Waals surface area contributed by atoms with Gasteiger partial charge in [0, 0.05) is 6.04 Å². The van der Waals surface area contributed by atoms with E-state index in [0.29, 0.717) is 12.0 Å². The smallest absolute Gasteiger partial charge is 0.0343 e. The quantitative estimate of drug-likeness (QED) is 0.609. The summed E-state index contributed by atoms with van der Waals surface area (Å²) < 4.78 is 0. The highest BCUT2D eigenvalue weighted by Gasteiger charge is 2.14. The SMILES string of the molecule is CCCCCCNC(c1ccc(CC)cc1)C(C)C. The van der Waals surface area contributed by atoms with Gasteiger partial charge in [-0.25, -0.2) is 0 Å². The topological polar surface area (TPSA) is 12.0 Å². The lowest BCUT2D eigenvalue weighted by atomic mass is 9.94. The predicted octanol–water partition coefficient (Wildman–Crippen LogP) is 5.12. The monoisotopic (exact) mass is 261 g/mol. The standard InChI is InChI=1S/C18H31N/c1-5-7-8-9-14-19-18(15(3)4)17-12-10-16(6-2)11-13-17/h10-13,15,18-19H,5-9,14H2,1-4H3. The van der Waals surface area contributed by atoms with Crippen LogP contribution in [0.15, 0.2) is 24.3 Å². The second kappa shape index (κ2) is 9.14.